The van der Waals surface area contributed by atoms with Crippen molar-refractivity contribution >= 4 is 11.9 Å². The van der Waals surface area contributed by atoms with Crippen molar-refractivity contribution < 1.29 is 9.53 Å². The lowest BCUT2D eigenvalue weighted by atomic mass is 10.0. The molecule has 0 atom stereocenters. The fourth-order valence-corrected chi connectivity index (χ4v) is 1.87. The van der Waals surface area contributed by atoms with E-state index in [2.05, 4.69) is 16.4 Å². The van der Waals surface area contributed by atoms with Gasteiger partial charge in [-0.3, -0.25) is 5.32 Å². The summed E-state index contributed by atoms with van der Waals surface area (Å²) in [6, 6.07) is 12.9. The first-order valence-electron chi connectivity index (χ1n) is 6.84. The van der Waals surface area contributed by atoms with E-state index in [0.717, 1.165) is 11.1 Å². The summed E-state index contributed by atoms with van der Waals surface area (Å²) in [4.78, 5) is 15.8. The van der Waals surface area contributed by atoms with Crippen LogP contribution in [0.15, 0.2) is 42.6 Å². The van der Waals surface area contributed by atoms with Gasteiger partial charge in [0.2, 0.25) is 0 Å². The molecule has 1 N–H and O–H groups in total. The summed E-state index contributed by atoms with van der Waals surface area (Å²) in [5, 5.41) is 11.7. The molecule has 0 bridgehead atoms. The molecule has 1 heterocycles. The third kappa shape index (κ3) is 4.06. The highest BCUT2D eigenvalue weighted by atomic mass is 16.6. The molecule has 0 saturated heterocycles. The third-order valence-corrected chi connectivity index (χ3v) is 2.75. The highest BCUT2D eigenvalue weighted by Crippen LogP contribution is 2.23. The number of benzene rings is 1. The van der Waals surface area contributed by atoms with E-state index in [1.54, 1.807) is 45.2 Å². The maximum atomic E-state index is 11.7. The molecule has 5 nitrogen and oxygen atoms in total. The predicted octanol–water partition coefficient (Wildman–Crippen LogP) is 3.97. The van der Waals surface area contributed by atoms with Crippen LogP contribution in [0.3, 0.4) is 0 Å². The molecular formula is C17H17N3O2. The molecular weight excluding hydrogens is 278 g/mol. The minimum Gasteiger partial charge on any atom is -0.444 e. The lowest BCUT2D eigenvalue weighted by molar-refractivity contribution is 0.0635. The van der Waals surface area contributed by atoms with Crippen molar-refractivity contribution in [2.45, 2.75) is 26.4 Å². The number of aromatic nitrogens is 1. The molecule has 0 saturated carbocycles. The summed E-state index contributed by atoms with van der Waals surface area (Å²) in [7, 11) is 0. The van der Waals surface area contributed by atoms with E-state index >= 15 is 0 Å². The first-order chi connectivity index (χ1) is 10.4. The summed E-state index contributed by atoms with van der Waals surface area (Å²) in [6.07, 6.45) is 1.06. The molecule has 22 heavy (non-hydrogen) atoms. The van der Waals surface area contributed by atoms with Gasteiger partial charge in [-0.2, -0.15) is 5.26 Å². The highest BCUT2D eigenvalue weighted by molar-refractivity contribution is 5.84. The number of ether oxygens (including phenoxy) is 1. The van der Waals surface area contributed by atoms with Crippen molar-refractivity contribution in [3.63, 3.8) is 0 Å². The number of hydrogen-bond donors (Lipinski definition) is 1. The molecule has 112 valence electrons. The molecule has 0 radical (unpaired) electrons. The van der Waals surface area contributed by atoms with Crippen LogP contribution in [-0.2, 0) is 4.74 Å². The van der Waals surface area contributed by atoms with Crippen molar-refractivity contribution in [3.8, 4) is 17.2 Å². The average molecular weight is 295 g/mol. The predicted molar refractivity (Wildman–Crippen MR) is 84.2 cm³/mol. The Morgan fingerprint density at radius 3 is 2.55 bits per heavy atom. The van der Waals surface area contributed by atoms with E-state index in [4.69, 9.17) is 10.00 Å². The largest absolute Gasteiger partial charge is 0.444 e. The summed E-state index contributed by atoms with van der Waals surface area (Å²) >= 11 is 0. The Morgan fingerprint density at radius 2 is 1.95 bits per heavy atom. The fourth-order valence-electron chi connectivity index (χ4n) is 1.87. The Morgan fingerprint density at radius 1 is 1.23 bits per heavy atom. The summed E-state index contributed by atoms with van der Waals surface area (Å²) in [5.74, 6) is 0.396. The van der Waals surface area contributed by atoms with Crippen LogP contribution in [0, 0.1) is 11.3 Å². The highest BCUT2D eigenvalue weighted by Gasteiger charge is 2.16. The topological polar surface area (TPSA) is 75.0 Å². The number of nitrogens with zero attached hydrogens (tertiary/aromatic N) is 2. The third-order valence-electron chi connectivity index (χ3n) is 2.75. The quantitative estimate of drug-likeness (QED) is 0.909. The van der Waals surface area contributed by atoms with Crippen LogP contribution in [0.2, 0.25) is 0 Å². The second kappa shape index (κ2) is 6.27. The van der Waals surface area contributed by atoms with Gasteiger partial charge in [0, 0.05) is 17.3 Å². The van der Waals surface area contributed by atoms with Crippen LogP contribution >= 0.6 is 0 Å². The summed E-state index contributed by atoms with van der Waals surface area (Å²) in [6.45, 7) is 5.38. The van der Waals surface area contributed by atoms with Crippen molar-refractivity contribution in [3.05, 3.63) is 48.2 Å². The van der Waals surface area contributed by atoms with Gasteiger partial charge in [-0.1, -0.05) is 18.2 Å². The number of rotatable bonds is 2. The Labute approximate surface area is 129 Å². The van der Waals surface area contributed by atoms with E-state index in [0.29, 0.717) is 11.4 Å². The molecule has 0 spiro atoms. The Kier molecular flexibility index (Phi) is 4.42. The van der Waals surface area contributed by atoms with Crippen molar-refractivity contribution in [1.82, 2.24) is 4.98 Å². The second-order valence-corrected chi connectivity index (χ2v) is 5.72. The first kappa shape index (κ1) is 15.5. The lowest BCUT2D eigenvalue weighted by Gasteiger charge is -2.19. The number of nitriles is 1. The number of carbonyl (C=O) groups is 1. The smallest absolute Gasteiger partial charge is 0.413 e. The minimum atomic E-state index is -0.560. The molecule has 1 aromatic heterocycles. The number of nitrogens with one attached hydrogen (secondary N) is 1. The molecule has 1 aromatic carbocycles. The number of hydrogen-bond acceptors (Lipinski definition) is 4. The Hall–Kier alpha value is -2.87. The molecule has 5 heteroatoms. The van der Waals surface area contributed by atoms with Gasteiger partial charge < -0.3 is 4.74 Å². The number of amides is 1. The van der Waals surface area contributed by atoms with E-state index in [1.807, 2.05) is 18.2 Å². The molecule has 0 aliphatic heterocycles. The van der Waals surface area contributed by atoms with Crippen molar-refractivity contribution in [2.24, 2.45) is 0 Å². The molecule has 2 aromatic rings. The van der Waals surface area contributed by atoms with Gasteiger partial charge in [0.15, 0.2) is 0 Å². The van der Waals surface area contributed by atoms with Gasteiger partial charge >= 0.3 is 6.09 Å². The maximum Gasteiger partial charge on any atom is 0.413 e. The second-order valence-electron chi connectivity index (χ2n) is 5.72. The van der Waals surface area contributed by atoms with Crippen molar-refractivity contribution in [1.29, 1.82) is 5.26 Å². The number of anilines is 1. The molecule has 0 aliphatic rings. The van der Waals surface area contributed by atoms with E-state index in [9.17, 15) is 4.79 Å². The van der Waals surface area contributed by atoms with Gasteiger partial charge in [0.05, 0.1) is 11.6 Å². The average Bonchev–Trinajstić information content (AvgIpc) is 2.46. The van der Waals surface area contributed by atoms with Crippen LogP contribution in [0.4, 0.5) is 10.6 Å². The SMILES string of the molecule is CC(C)(C)OC(=O)Nc1ccc(-c2ccccc2C#N)cn1. The van der Waals surface area contributed by atoms with Crippen LogP contribution in [0.25, 0.3) is 11.1 Å². The maximum absolute atomic E-state index is 11.7. The number of carbonyl (C=O) groups excluding carboxylic acids is 1. The molecule has 0 unspecified atom stereocenters. The van der Waals surface area contributed by atoms with Gasteiger partial charge in [0.25, 0.3) is 0 Å². The summed E-state index contributed by atoms with van der Waals surface area (Å²) in [5.41, 5.74) is 1.64. The van der Waals surface area contributed by atoms with Gasteiger partial charge in [-0.25, -0.2) is 9.78 Å². The molecule has 0 aliphatic carbocycles. The van der Waals surface area contributed by atoms with Gasteiger partial charge in [-0.05, 0) is 39.0 Å². The van der Waals surface area contributed by atoms with Gasteiger partial charge in [-0.15, -0.1) is 0 Å². The molecule has 0 fully saturated rings. The van der Waals surface area contributed by atoms with Crippen LogP contribution in [0.5, 0.6) is 0 Å². The van der Waals surface area contributed by atoms with Crippen LogP contribution in [-0.4, -0.2) is 16.7 Å². The normalized spacial score (nSPS) is 10.6. The zero-order valence-corrected chi connectivity index (χ0v) is 12.8. The van der Waals surface area contributed by atoms with E-state index in [-0.39, 0.29) is 0 Å². The monoisotopic (exact) mass is 295 g/mol. The van der Waals surface area contributed by atoms with Crippen LogP contribution < -0.4 is 5.32 Å². The molecule has 1 amide bonds. The standard InChI is InChI=1S/C17H17N3O2/c1-17(2,3)22-16(21)20-15-9-8-13(11-19-15)14-7-5-4-6-12(14)10-18/h4-9,11H,1-3H3,(H,19,20,21). The van der Waals surface area contributed by atoms with E-state index < -0.39 is 11.7 Å². The summed E-state index contributed by atoms with van der Waals surface area (Å²) < 4.78 is 5.16. The Balaban J connectivity index is 2.14. The van der Waals surface area contributed by atoms with Crippen LogP contribution in [0.1, 0.15) is 26.3 Å². The minimum absolute atomic E-state index is 0.396. The Bertz CT molecular complexity index is 710. The van der Waals surface area contributed by atoms with Crippen molar-refractivity contribution in [2.75, 3.05) is 5.32 Å². The zero-order chi connectivity index (χ0) is 16.2. The fraction of sp³-hybridized carbons (Fsp3) is 0.235. The number of pyridine rings is 1. The van der Waals surface area contributed by atoms with Gasteiger partial charge in [0.1, 0.15) is 11.4 Å². The zero-order valence-electron chi connectivity index (χ0n) is 12.8. The lowest BCUT2D eigenvalue weighted by Crippen LogP contribution is -2.27. The van der Waals surface area contributed by atoms with E-state index in [1.165, 1.54) is 0 Å². The molecule has 2 rings (SSSR count). The first-order valence-corrected chi connectivity index (χ1v) is 6.84.